The Hall–Kier alpha value is -1.87. The van der Waals surface area contributed by atoms with Gasteiger partial charge in [-0.2, -0.15) is 0 Å². The van der Waals surface area contributed by atoms with Crippen LogP contribution in [0.5, 0.6) is 0 Å². The van der Waals surface area contributed by atoms with Crippen molar-refractivity contribution in [3.63, 3.8) is 0 Å². The van der Waals surface area contributed by atoms with Gasteiger partial charge in [-0.25, -0.2) is 9.97 Å². The molecule has 90 valence electrons. The number of fused-ring (bicyclic) bond motifs is 1. The molecule has 0 atom stereocenters. The number of aromatic amines is 1. The lowest BCUT2D eigenvalue weighted by Crippen LogP contribution is -1.89. The van der Waals surface area contributed by atoms with Gasteiger partial charge in [0.05, 0.1) is 5.52 Å². The van der Waals surface area contributed by atoms with Crippen LogP contribution in [-0.4, -0.2) is 15.0 Å². The van der Waals surface area contributed by atoms with E-state index in [1.165, 1.54) is 5.56 Å². The van der Waals surface area contributed by atoms with Gasteiger partial charge in [0.15, 0.2) is 5.65 Å². The minimum atomic E-state index is 0.751. The molecule has 0 saturated heterocycles. The van der Waals surface area contributed by atoms with Crippen molar-refractivity contribution >= 4 is 22.8 Å². The Morgan fingerprint density at radius 2 is 2.00 bits per heavy atom. The average molecular weight is 258 g/mol. The molecule has 3 aromatic rings. The molecule has 0 bridgehead atoms. The summed E-state index contributed by atoms with van der Waals surface area (Å²) >= 11 is 5.86. The zero-order valence-electron chi connectivity index (χ0n) is 9.94. The van der Waals surface area contributed by atoms with Crippen LogP contribution < -0.4 is 0 Å². The van der Waals surface area contributed by atoms with Crippen LogP contribution in [0.2, 0.25) is 5.02 Å². The van der Waals surface area contributed by atoms with E-state index in [-0.39, 0.29) is 0 Å². The van der Waals surface area contributed by atoms with Gasteiger partial charge in [-0.1, -0.05) is 23.7 Å². The molecule has 0 radical (unpaired) electrons. The number of aromatic nitrogens is 3. The maximum Gasteiger partial charge on any atom is 0.177 e. The minimum Gasteiger partial charge on any atom is -0.340 e. The van der Waals surface area contributed by atoms with Gasteiger partial charge in [-0.3, -0.25) is 0 Å². The first-order chi connectivity index (χ1) is 8.70. The molecular formula is C14H12ClN3. The SMILES string of the molecule is Cc1cnc2nc(Cc3ccc(Cl)cc3)[nH]c2c1. The predicted octanol–water partition coefficient (Wildman–Crippen LogP) is 3.51. The second-order valence-corrected chi connectivity index (χ2v) is 4.81. The van der Waals surface area contributed by atoms with Crippen LogP contribution >= 0.6 is 11.6 Å². The van der Waals surface area contributed by atoms with Crippen LogP contribution in [0.1, 0.15) is 17.0 Å². The maximum atomic E-state index is 5.86. The quantitative estimate of drug-likeness (QED) is 0.763. The zero-order chi connectivity index (χ0) is 12.5. The molecule has 1 aromatic carbocycles. The second-order valence-electron chi connectivity index (χ2n) is 4.37. The number of imidazole rings is 1. The van der Waals surface area contributed by atoms with Crippen molar-refractivity contribution in [1.82, 2.24) is 15.0 Å². The highest BCUT2D eigenvalue weighted by Gasteiger charge is 2.04. The summed E-state index contributed by atoms with van der Waals surface area (Å²) in [6, 6.07) is 9.85. The van der Waals surface area contributed by atoms with Crippen LogP contribution in [0.4, 0.5) is 0 Å². The zero-order valence-corrected chi connectivity index (χ0v) is 10.7. The molecule has 0 spiro atoms. The molecule has 0 aliphatic rings. The van der Waals surface area contributed by atoms with Crippen molar-refractivity contribution in [1.29, 1.82) is 0 Å². The third kappa shape index (κ3) is 2.22. The van der Waals surface area contributed by atoms with Crippen molar-refractivity contribution in [2.45, 2.75) is 13.3 Å². The van der Waals surface area contributed by atoms with Crippen LogP contribution in [0.25, 0.3) is 11.2 Å². The van der Waals surface area contributed by atoms with E-state index >= 15 is 0 Å². The minimum absolute atomic E-state index is 0.751. The van der Waals surface area contributed by atoms with E-state index in [1.807, 2.05) is 37.4 Å². The fourth-order valence-corrected chi connectivity index (χ4v) is 2.06. The van der Waals surface area contributed by atoms with E-state index in [4.69, 9.17) is 11.6 Å². The fraction of sp³-hybridized carbons (Fsp3) is 0.143. The molecule has 18 heavy (non-hydrogen) atoms. The van der Waals surface area contributed by atoms with E-state index in [0.29, 0.717) is 0 Å². The third-order valence-corrected chi connectivity index (χ3v) is 3.06. The summed E-state index contributed by atoms with van der Waals surface area (Å²) in [5.41, 5.74) is 4.06. The maximum absolute atomic E-state index is 5.86. The molecule has 0 aliphatic heterocycles. The molecule has 3 nitrogen and oxygen atoms in total. The van der Waals surface area contributed by atoms with Crippen molar-refractivity contribution in [2.24, 2.45) is 0 Å². The molecule has 0 aliphatic carbocycles. The highest BCUT2D eigenvalue weighted by atomic mass is 35.5. The predicted molar refractivity (Wildman–Crippen MR) is 72.9 cm³/mol. The van der Waals surface area contributed by atoms with Gasteiger partial charge in [0.2, 0.25) is 0 Å². The van der Waals surface area contributed by atoms with Crippen molar-refractivity contribution < 1.29 is 0 Å². The van der Waals surface area contributed by atoms with Gasteiger partial charge in [-0.15, -0.1) is 0 Å². The molecule has 2 aromatic heterocycles. The highest BCUT2D eigenvalue weighted by Crippen LogP contribution is 2.15. The lowest BCUT2D eigenvalue weighted by atomic mass is 10.1. The number of nitrogens with zero attached hydrogens (tertiary/aromatic N) is 2. The Bertz CT molecular complexity index is 686. The lowest BCUT2D eigenvalue weighted by molar-refractivity contribution is 1.03. The number of H-pyrrole nitrogens is 1. The number of benzene rings is 1. The number of pyridine rings is 1. The Labute approximate surface area is 110 Å². The normalized spacial score (nSPS) is 11.0. The van der Waals surface area contributed by atoms with E-state index in [2.05, 4.69) is 21.0 Å². The first-order valence-electron chi connectivity index (χ1n) is 5.76. The Balaban J connectivity index is 1.92. The summed E-state index contributed by atoms with van der Waals surface area (Å²) in [7, 11) is 0. The average Bonchev–Trinajstić information content (AvgIpc) is 2.73. The first-order valence-corrected chi connectivity index (χ1v) is 6.14. The number of nitrogens with one attached hydrogen (secondary N) is 1. The molecule has 0 fully saturated rings. The van der Waals surface area contributed by atoms with Gasteiger partial charge in [0.25, 0.3) is 0 Å². The number of aryl methyl sites for hydroxylation is 1. The molecule has 0 amide bonds. The molecular weight excluding hydrogens is 246 g/mol. The van der Waals surface area contributed by atoms with Crippen molar-refractivity contribution in [2.75, 3.05) is 0 Å². The number of hydrogen-bond acceptors (Lipinski definition) is 2. The van der Waals surface area contributed by atoms with Gasteiger partial charge in [0, 0.05) is 17.6 Å². The standard InChI is InChI=1S/C14H12ClN3/c1-9-6-12-14(16-8-9)18-13(17-12)7-10-2-4-11(15)5-3-10/h2-6,8H,7H2,1H3,(H,16,17,18). The number of rotatable bonds is 2. The van der Waals surface area contributed by atoms with Crippen LogP contribution in [0.3, 0.4) is 0 Å². The van der Waals surface area contributed by atoms with Gasteiger partial charge >= 0.3 is 0 Å². The smallest absolute Gasteiger partial charge is 0.177 e. The van der Waals surface area contributed by atoms with Crippen LogP contribution in [0, 0.1) is 6.92 Å². The largest absolute Gasteiger partial charge is 0.340 e. The summed E-state index contributed by atoms with van der Waals surface area (Å²) in [6.07, 6.45) is 2.59. The van der Waals surface area contributed by atoms with E-state index < -0.39 is 0 Å². The topological polar surface area (TPSA) is 41.6 Å². The van der Waals surface area contributed by atoms with E-state index in [9.17, 15) is 0 Å². The van der Waals surface area contributed by atoms with Crippen molar-refractivity contribution in [3.8, 4) is 0 Å². The second kappa shape index (κ2) is 4.42. The molecule has 0 unspecified atom stereocenters. The van der Waals surface area contributed by atoms with Crippen molar-refractivity contribution in [3.05, 3.63) is 58.5 Å². The fourth-order valence-electron chi connectivity index (χ4n) is 1.93. The summed E-state index contributed by atoms with van der Waals surface area (Å²) in [4.78, 5) is 12.1. The van der Waals surface area contributed by atoms with Gasteiger partial charge in [-0.05, 0) is 36.2 Å². The highest BCUT2D eigenvalue weighted by molar-refractivity contribution is 6.30. The Morgan fingerprint density at radius 1 is 1.22 bits per heavy atom. The molecule has 4 heteroatoms. The van der Waals surface area contributed by atoms with Gasteiger partial charge < -0.3 is 4.98 Å². The molecule has 2 heterocycles. The van der Waals surface area contributed by atoms with Gasteiger partial charge in [0.1, 0.15) is 5.82 Å². The van der Waals surface area contributed by atoms with E-state index in [0.717, 1.165) is 34.0 Å². The van der Waals surface area contributed by atoms with Crippen LogP contribution in [0.15, 0.2) is 36.5 Å². The number of hydrogen-bond donors (Lipinski definition) is 1. The lowest BCUT2D eigenvalue weighted by Gasteiger charge is -1.97. The molecule has 1 N–H and O–H groups in total. The monoisotopic (exact) mass is 257 g/mol. The Morgan fingerprint density at radius 3 is 2.78 bits per heavy atom. The summed E-state index contributed by atoms with van der Waals surface area (Å²) in [6.45, 7) is 2.02. The first kappa shape index (κ1) is 11.2. The summed E-state index contributed by atoms with van der Waals surface area (Å²) in [5, 5.41) is 0.751. The summed E-state index contributed by atoms with van der Waals surface area (Å²) < 4.78 is 0. The van der Waals surface area contributed by atoms with Crippen LogP contribution in [-0.2, 0) is 6.42 Å². The Kier molecular flexibility index (Phi) is 2.76. The number of halogens is 1. The van der Waals surface area contributed by atoms with E-state index in [1.54, 1.807) is 0 Å². The third-order valence-electron chi connectivity index (χ3n) is 2.81. The summed E-state index contributed by atoms with van der Waals surface area (Å²) in [5.74, 6) is 0.922. The molecule has 3 rings (SSSR count). The molecule has 0 saturated carbocycles.